The zero-order valence-corrected chi connectivity index (χ0v) is 15.8. The molecule has 3 heterocycles. The van der Waals surface area contributed by atoms with Crippen LogP contribution in [-0.4, -0.2) is 60.3 Å². The molecule has 0 radical (unpaired) electrons. The van der Waals surface area contributed by atoms with Crippen LogP contribution >= 0.6 is 0 Å². The molecule has 0 amide bonds. The molecule has 4 rings (SSSR count). The van der Waals surface area contributed by atoms with Gasteiger partial charge in [0.2, 0.25) is 0 Å². The van der Waals surface area contributed by atoms with E-state index in [0.717, 1.165) is 18.4 Å². The van der Waals surface area contributed by atoms with Crippen molar-refractivity contribution in [3.8, 4) is 0 Å². The molecule has 9 heteroatoms. The minimum absolute atomic E-state index is 0.0742. The van der Waals surface area contributed by atoms with E-state index in [9.17, 15) is 10.2 Å². The summed E-state index contributed by atoms with van der Waals surface area (Å²) in [5.41, 5.74) is 7.64. The number of hydrogen-bond donors (Lipinski definition) is 3. The molecule has 0 saturated carbocycles. The Bertz CT molecular complexity index is 909. The van der Waals surface area contributed by atoms with E-state index >= 15 is 0 Å². The maximum absolute atomic E-state index is 10.8. The molecule has 2 aromatic heterocycles. The molecule has 0 aromatic carbocycles. The molecule has 1 aliphatic heterocycles. The van der Waals surface area contributed by atoms with Gasteiger partial charge in [-0.15, -0.1) is 0 Å². The third-order valence-electron chi connectivity index (χ3n) is 5.01. The third-order valence-corrected chi connectivity index (χ3v) is 5.01. The van der Waals surface area contributed by atoms with Crippen molar-refractivity contribution >= 4 is 17.0 Å². The van der Waals surface area contributed by atoms with Gasteiger partial charge in [0, 0.05) is 0 Å². The Kier molecular flexibility index (Phi) is 5.15. The van der Waals surface area contributed by atoms with Gasteiger partial charge in [0.1, 0.15) is 36.3 Å². The average Bonchev–Trinajstić information content (AvgIpc) is 3.23. The SMILES string of the molecule is CC(C)OC(C1=CCCC=C1)[C@H]1O[C@@H](n2cnc3c(N)ncnc32)[C@H](O)[C@@H]1O. The van der Waals surface area contributed by atoms with E-state index in [1.807, 2.05) is 19.9 Å². The summed E-state index contributed by atoms with van der Waals surface area (Å²) in [6.45, 7) is 3.86. The fourth-order valence-corrected chi connectivity index (χ4v) is 3.71. The number of nitrogen functional groups attached to an aromatic ring is 1. The molecule has 1 fully saturated rings. The van der Waals surface area contributed by atoms with E-state index < -0.39 is 30.6 Å². The number of aliphatic hydroxyl groups is 2. The molecule has 150 valence electrons. The maximum Gasteiger partial charge on any atom is 0.167 e. The van der Waals surface area contributed by atoms with E-state index in [2.05, 4.69) is 27.1 Å². The lowest BCUT2D eigenvalue weighted by molar-refractivity contribution is -0.106. The summed E-state index contributed by atoms with van der Waals surface area (Å²) in [6.07, 6.45) is 6.34. The molecule has 5 atom stereocenters. The van der Waals surface area contributed by atoms with Gasteiger partial charge in [0.25, 0.3) is 0 Å². The van der Waals surface area contributed by atoms with Crippen molar-refractivity contribution in [1.29, 1.82) is 0 Å². The Morgan fingerprint density at radius 1 is 1.21 bits per heavy atom. The number of anilines is 1. The molecule has 4 N–H and O–H groups in total. The van der Waals surface area contributed by atoms with Gasteiger partial charge in [0.05, 0.1) is 12.4 Å². The molecular weight excluding hydrogens is 362 g/mol. The molecule has 1 saturated heterocycles. The summed E-state index contributed by atoms with van der Waals surface area (Å²) >= 11 is 0. The van der Waals surface area contributed by atoms with Gasteiger partial charge in [-0.2, -0.15) is 0 Å². The highest BCUT2D eigenvalue weighted by Crippen LogP contribution is 2.36. The number of nitrogens with zero attached hydrogens (tertiary/aromatic N) is 4. The summed E-state index contributed by atoms with van der Waals surface area (Å²) in [4.78, 5) is 12.3. The lowest BCUT2D eigenvalue weighted by atomic mass is 9.95. The van der Waals surface area contributed by atoms with Crippen molar-refractivity contribution in [1.82, 2.24) is 19.5 Å². The Labute approximate surface area is 162 Å². The number of rotatable bonds is 5. The van der Waals surface area contributed by atoms with Gasteiger partial charge >= 0.3 is 0 Å². The topological polar surface area (TPSA) is 129 Å². The van der Waals surface area contributed by atoms with Gasteiger partial charge in [-0.1, -0.05) is 18.2 Å². The highest BCUT2D eigenvalue weighted by atomic mass is 16.6. The standard InChI is InChI=1S/C19H25N5O4/c1-10(2)27-15(11-6-4-3-5-7-11)16-13(25)14(26)19(28-16)24-9-23-12-17(20)21-8-22-18(12)24/h4,6-10,13-16,19,25-26H,3,5H2,1-2H3,(H2,20,21,22)/t13-,14+,15?,16-,19+/m0/s1. The Morgan fingerprint density at radius 2 is 2.04 bits per heavy atom. The summed E-state index contributed by atoms with van der Waals surface area (Å²) in [6, 6.07) is 0. The molecule has 9 nitrogen and oxygen atoms in total. The number of aromatic nitrogens is 4. The quantitative estimate of drug-likeness (QED) is 0.696. The Hall–Kier alpha value is -2.33. The Morgan fingerprint density at radius 3 is 2.75 bits per heavy atom. The second-order valence-electron chi connectivity index (χ2n) is 7.34. The first-order chi connectivity index (χ1) is 13.5. The number of fused-ring (bicyclic) bond motifs is 1. The van der Waals surface area contributed by atoms with Crippen LogP contribution in [0.1, 0.15) is 32.9 Å². The average molecular weight is 387 g/mol. The van der Waals surface area contributed by atoms with Crippen LogP contribution in [0.15, 0.2) is 36.5 Å². The number of ether oxygens (including phenoxy) is 2. The van der Waals surface area contributed by atoms with Crippen molar-refractivity contribution in [3.63, 3.8) is 0 Å². The van der Waals surface area contributed by atoms with Crippen molar-refractivity contribution in [2.75, 3.05) is 5.73 Å². The fraction of sp³-hybridized carbons (Fsp3) is 0.526. The van der Waals surface area contributed by atoms with Crippen LogP contribution in [0.5, 0.6) is 0 Å². The second-order valence-corrected chi connectivity index (χ2v) is 7.34. The summed E-state index contributed by atoms with van der Waals surface area (Å²) in [7, 11) is 0. The summed E-state index contributed by atoms with van der Waals surface area (Å²) in [5, 5.41) is 21.5. The van der Waals surface area contributed by atoms with E-state index in [1.54, 1.807) is 4.57 Å². The number of hydrogen-bond acceptors (Lipinski definition) is 8. The zero-order valence-electron chi connectivity index (χ0n) is 15.8. The summed E-state index contributed by atoms with van der Waals surface area (Å²) < 4.78 is 13.8. The van der Waals surface area contributed by atoms with Gasteiger partial charge < -0.3 is 25.4 Å². The third kappa shape index (κ3) is 3.30. The molecule has 1 unspecified atom stereocenters. The van der Waals surface area contributed by atoms with Gasteiger partial charge in [-0.05, 0) is 32.3 Å². The van der Waals surface area contributed by atoms with Crippen molar-refractivity contribution < 1.29 is 19.7 Å². The van der Waals surface area contributed by atoms with Crippen LogP contribution in [-0.2, 0) is 9.47 Å². The Balaban J connectivity index is 1.66. The van der Waals surface area contributed by atoms with Gasteiger partial charge in [-0.3, -0.25) is 4.57 Å². The molecular formula is C19H25N5O4. The smallest absolute Gasteiger partial charge is 0.167 e. The van der Waals surface area contributed by atoms with Gasteiger partial charge in [-0.25, -0.2) is 15.0 Å². The fourth-order valence-electron chi connectivity index (χ4n) is 3.71. The number of imidazole rings is 1. The molecule has 1 aliphatic carbocycles. The molecule has 2 aliphatic rings. The minimum atomic E-state index is -1.18. The lowest BCUT2D eigenvalue weighted by Gasteiger charge is -2.29. The van der Waals surface area contributed by atoms with Crippen LogP contribution in [0.2, 0.25) is 0 Å². The predicted molar refractivity (Wildman–Crippen MR) is 102 cm³/mol. The number of aliphatic hydroxyl groups excluding tert-OH is 2. The first kappa shape index (κ1) is 19.0. The maximum atomic E-state index is 10.8. The van der Waals surface area contributed by atoms with E-state index in [4.69, 9.17) is 15.2 Å². The highest BCUT2D eigenvalue weighted by Gasteiger charge is 2.49. The molecule has 28 heavy (non-hydrogen) atoms. The number of allylic oxidation sites excluding steroid dienone is 2. The van der Waals surface area contributed by atoms with Crippen LogP contribution in [0.3, 0.4) is 0 Å². The lowest BCUT2D eigenvalue weighted by Crippen LogP contribution is -2.42. The van der Waals surface area contributed by atoms with E-state index in [1.165, 1.54) is 12.7 Å². The van der Waals surface area contributed by atoms with Crippen LogP contribution in [0.25, 0.3) is 11.2 Å². The minimum Gasteiger partial charge on any atom is -0.387 e. The molecule has 0 spiro atoms. The van der Waals surface area contributed by atoms with Crippen LogP contribution in [0.4, 0.5) is 5.82 Å². The number of nitrogens with two attached hydrogens (primary N) is 1. The molecule has 0 bridgehead atoms. The molecule has 2 aromatic rings. The monoisotopic (exact) mass is 387 g/mol. The van der Waals surface area contributed by atoms with Crippen molar-refractivity contribution in [2.45, 2.75) is 63.4 Å². The van der Waals surface area contributed by atoms with Crippen LogP contribution in [0, 0.1) is 0 Å². The normalized spacial score (nSPS) is 28.8. The second kappa shape index (κ2) is 7.59. The van der Waals surface area contributed by atoms with Crippen molar-refractivity contribution in [2.24, 2.45) is 0 Å². The van der Waals surface area contributed by atoms with E-state index in [0.29, 0.717) is 11.2 Å². The first-order valence-corrected chi connectivity index (χ1v) is 9.44. The predicted octanol–water partition coefficient (Wildman–Crippen LogP) is 1.10. The highest BCUT2D eigenvalue weighted by molar-refractivity contribution is 5.81. The zero-order chi connectivity index (χ0) is 19.8. The van der Waals surface area contributed by atoms with E-state index in [-0.39, 0.29) is 11.9 Å². The summed E-state index contributed by atoms with van der Waals surface area (Å²) in [5.74, 6) is 0.242. The van der Waals surface area contributed by atoms with Crippen LogP contribution < -0.4 is 5.73 Å². The van der Waals surface area contributed by atoms with Gasteiger partial charge in [0.15, 0.2) is 17.7 Å². The first-order valence-electron chi connectivity index (χ1n) is 9.44. The largest absolute Gasteiger partial charge is 0.387 e. The van der Waals surface area contributed by atoms with Crippen molar-refractivity contribution in [3.05, 3.63) is 36.5 Å².